The van der Waals surface area contributed by atoms with E-state index in [1.165, 1.54) is 23.1 Å². The van der Waals surface area contributed by atoms with E-state index < -0.39 is 0 Å². The molecule has 29 heavy (non-hydrogen) atoms. The van der Waals surface area contributed by atoms with Crippen molar-refractivity contribution in [2.24, 2.45) is 0 Å². The van der Waals surface area contributed by atoms with Gasteiger partial charge in [-0.3, -0.25) is 9.88 Å². The van der Waals surface area contributed by atoms with E-state index in [0.717, 1.165) is 42.1 Å². The number of imidazole rings is 1. The lowest BCUT2D eigenvalue weighted by atomic mass is 10.1. The van der Waals surface area contributed by atoms with Gasteiger partial charge in [-0.2, -0.15) is 0 Å². The molecule has 4 aromatic rings. The number of methoxy groups -OCH3 is 1. The third kappa shape index (κ3) is 3.61. The first-order chi connectivity index (χ1) is 14.3. The van der Waals surface area contributed by atoms with Crippen LogP contribution in [-0.4, -0.2) is 33.5 Å². The van der Waals surface area contributed by atoms with Crippen LogP contribution in [0, 0.1) is 0 Å². The van der Waals surface area contributed by atoms with Gasteiger partial charge in [-0.1, -0.05) is 18.2 Å². The van der Waals surface area contributed by atoms with Gasteiger partial charge in [-0.05, 0) is 72.5 Å². The summed E-state index contributed by atoms with van der Waals surface area (Å²) in [5.41, 5.74) is 5.75. The minimum absolute atomic E-state index is 0.328. The number of pyridine rings is 1. The van der Waals surface area contributed by atoms with Crippen LogP contribution in [0.2, 0.25) is 0 Å². The third-order valence-corrected chi connectivity index (χ3v) is 5.74. The van der Waals surface area contributed by atoms with Crippen molar-refractivity contribution in [3.05, 3.63) is 78.4 Å². The molecule has 1 aliphatic rings. The number of ether oxygens (including phenoxy) is 1. The number of aromatic amines is 1. The van der Waals surface area contributed by atoms with Gasteiger partial charge in [0.15, 0.2) is 0 Å². The molecule has 146 valence electrons. The molecular weight excluding hydrogens is 360 g/mol. The van der Waals surface area contributed by atoms with Crippen LogP contribution in [0.5, 0.6) is 5.75 Å². The molecule has 0 bridgehead atoms. The lowest BCUT2D eigenvalue weighted by molar-refractivity contribution is 0.241. The monoisotopic (exact) mass is 384 g/mol. The summed E-state index contributed by atoms with van der Waals surface area (Å²) in [5, 5.41) is 0. The van der Waals surface area contributed by atoms with E-state index in [2.05, 4.69) is 45.2 Å². The molecule has 0 saturated carbocycles. The molecule has 2 aromatic carbocycles. The van der Waals surface area contributed by atoms with Gasteiger partial charge in [-0.25, -0.2) is 4.98 Å². The largest absolute Gasteiger partial charge is 0.497 e. The predicted molar refractivity (Wildman–Crippen MR) is 115 cm³/mol. The highest BCUT2D eigenvalue weighted by molar-refractivity contribution is 5.82. The lowest BCUT2D eigenvalue weighted by Crippen LogP contribution is -2.23. The number of benzene rings is 2. The number of rotatable bonds is 5. The van der Waals surface area contributed by atoms with Crippen molar-refractivity contribution in [2.45, 2.75) is 25.4 Å². The van der Waals surface area contributed by atoms with Gasteiger partial charge in [0.2, 0.25) is 0 Å². The number of aromatic nitrogens is 3. The Morgan fingerprint density at radius 1 is 1.03 bits per heavy atom. The predicted octanol–water partition coefficient (Wildman–Crippen LogP) is 4.97. The van der Waals surface area contributed by atoms with Crippen LogP contribution in [0.1, 0.15) is 30.3 Å². The van der Waals surface area contributed by atoms with Gasteiger partial charge in [-0.15, -0.1) is 0 Å². The Bertz CT molecular complexity index is 1100. The van der Waals surface area contributed by atoms with E-state index in [9.17, 15) is 0 Å². The third-order valence-electron chi connectivity index (χ3n) is 5.74. The highest BCUT2D eigenvalue weighted by Crippen LogP contribution is 2.33. The Morgan fingerprint density at radius 3 is 2.66 bits per heavy atom. The topological polar surface area (TPSA) is 54.0 Å². The van der Waals surface area contributed by atoms with Gasteiger partial charge >= 0.3 is 0 Å². The average molecular weight is 384 g/mol. The Kier molecular flexibility index (Phi) is 4.74. The number of hydrogen-bond acceptors (Lipinski definition) is 4. The molecule has 1 N–H and O–H groups in total. The van der Waals surface area contributed by atoms with Crippen molar-refractivity contribution >= 4 is 11.0 Å². The fraction of sp³-hybridized carbons (Fsp3) is 0.250. The first kappa shape index (κ1) is 17.9. The maximum atomic E-state index is 5.27. The van der Waals surface area contributed by atoms with Crippen molar-refractivity contribution in [1.82, 2.24) is 19.9 Å². The maximum Gasteiger partial charge on any atom is 0.124 e. The fourth-order valence-electron chi connectivity index (χ4n) is 4.20. The number of H-pyrrole nitrogens is 1. The first-order valence-corrected chi connectivity index (χ1v) is 10.1. The number of nitrogens with zero attached hydrogens (tertiary/aromatic N) is 3. The molecule has 0 unspecified atom stereocenters. The second kappa shape index (κ2) is 7.68. The zero-order valence-electron chi connectivity index (χ0n) is 16.5. The number of fused-ring (bicyclic) bond motifs is 1. The Labute approximate surface area is 170 Å². The van der Waals surface area contributed by atoms with Crippen molar-refractivity contribution in [3.63, 3.8) is 0 Å². The molecule has 0 aliphatic carbocycles. The fourth-order valence-corrected chi connectivity index (χ4v) is 4.20. The second-order valence-electron chi connectivity index (χ2n) is 7.57. The minimum atomic E-state index is 0.328. The summed E-state index contributed by atoms with van der Waals surface area (Å²) in [6.07, 6.45) is 5.98. The molecule has 3 heterocycles. The molecule has 1 fully saturated rings. The summed E-state index contributed by atoms with van der Waals surface area (Å²) in [6, 6.07) is 19.2. The van der Waals surface area contributed by atoms with Gasteiger partial charge < -0.3 is 9.72 Å². The zero-order chi connectivity index (χ0) is 19.6. The molecular formula is C24H24N4O. The molecule has 0 radical (unpaired) electrons. The van der Waals surface area contributed by atoms with E-state index in [4.69, 9.17) is 9.72 Å². The molecule has 1 aliphatic heterocycles. The minimum Gasteiger partial charge on any atom is -0.497 e. The van der Waals surface area contributed by atoms with Crippen LogP contribution in [0.15, 0.2) is 67.0 Å². The number of likely N-dealkylation sites (tertiary alicyclic amines) is 1. The van der Waals surface area contributed by atoms with Crippen LogP contribution in [0.25, 0.3) is 22.2 Å². The maximum absolute atomic E-state index is 5.27. The van der Waals surface area contributed by atoms with Crippen LogP contribution in [0.4, 0.5) is 0 Å². The molecule has 0 spiro atoms. The van der Waals surface area contributed by atoms with Gasteiger partial charge in [0.25, 0.3) is 0 Å². The normalized spacial score (nSPS) is 17.1. The van der Waals surface area contributed by atoms with Crippen molar-refractivity contribution in [3.8, 4) is 16.9 Å². The van der Waals surface area contributed by atoms with Crippen molar-refractivity contribution in [2.75, 3.05) is 13.7 Å². The molecule has 1 atom stereocenters. The highest BCUT2D eigenvalue weighted by Gasteiger charge is 2.28. The SMILES string of the molecule is COc1ccc(CN2CCC[C@H]2c2nc3ccc(-c4ccncc4)cc3[nH]2)cc1. The van der Waals surface area contributed by atoms with E-state index >= 15 is 0 Å². The van der Waals surface area contributed by atoms with Crippen LogP contribution in [0.3, 0.4) is 0 Å². The molecule has 5 heteroatoms. The molecule has 1 saturated heterocycles. The summed E-state index contributed by atoms with van der Waals surface area (Å²) >= 11 is 0. The first-order valence-electron chi connectivity index (χ1n) is 10.1. The number of hydrogen-bond donors (Lipinski definition) is 1. The molecule has 0 amide bonds. The summed E-state index contributed by atoms with van der Waals surface area (Å²) in [7, 11) is 1.70. The Morgan fingerprint density at radius 2 is 1.86 bits per heavy atom. The van der Waals surface area contributed by atoms with Gasteiger partial charge in [0.05, 0.1) is 24.2 Å². The number of nitrogens with one attached hydrogen (secondary N) is 1. The zero-order valence-corrected chi connectivity index (χ0v) is 16.5. The van der Waals surface area contributed by atoms with Gasteiger partial charge in [0.1, 0.15) is 11.6 Å². The summed E-state index contributed by atoms with van der Waals surface area (Å²) in [4.78, 5) is 15.1. The van der Waals surface area contributed by atoms with Crippen molar-refractivity contribution < 1.29 is 4.74 Å². The van der Waals surface area contributed by atoms with Gasteiger partial charge in [0, 0.05) is 18.9 Å². The average Bonchev–Trinajstić information content (AvgIpc) is 3.40. The van der Waals surface area contributed by atoms with Crippen molar-refractivity contribution in [1.29, 1.82) is 0 Å². The van der Waals surface area contributed by atoms with E-state index in [0.29, 0.717) is 6.04 Å². The summed E-state index contributed by atoms with van der Waals surface area (Å²) in [6.45, 7) is 2.02. The highest BCUT2D eigenvalue weighted by atomic mass is 16.5. The molecule has 5 nitrogen and oxygen atoms in total. The van der Waals surface area contributed by atoms with E-state index in [-0.39, 0.29) is 0 Å². The van der Waals surface area contributed by atoms with Crippen LogP contribution >= 0.6 is 0 Å². The standard InChI is InChI=1S/C24H24N4O/c1-29-20-7-4-17(5-8-20)16-28-14-2-3-23(28)24-26-21-9-6-19(15-22(21)27-24)18-10-12-25-13-11-18/h4-13,15,23H,2-3,14,16H2,1H3,(H,26,27)/t23-/m0/s1. The van der Waals surface area contributed by atoms with Crippen LogP contribution in [-0.2, 0) is 6.54 Å². The Hall–Kier alpha value is -3.18. The Balaban J connectivity index is 1.40. The second-order valence-corrected chi connectivity index (χ2v) is 7.57. The molecule has 5 rings (SSSR count). The van der Waals surface area contributed by atoms with Crippen LogP contribution < -0.4 is 4.74 Å². The van der Waals surface area contributed by atoms with E-state index in [1.54, 1.807) is 7.11 Å². The lowest BCUT2D eigenvalue weighted by Gasteiger charge is -2.23. The summed E-state index contributed by atoms with van der Waals surface area (Å²) < 4.78 is 5.27. The quantitative estimate of drug-likeness (QED) is 0.528. The smallest absolute Gasteiger partial charge is 0.124 e. The summed E-state index contributed by atoms with van der Waals surface area (Å²) in [5.74, 6) is 1.96. The van der Waals surface area contributed by atoms with E-state index in [1.807, 2.05) is 36.7 Å². The molecule has 2 aromatic heterocycles.